The van der Waals surface area contributed by atoms with Crippen LogP contribution in [0.3, 0.4) is 0 Å². The van der Waals surface area contributed by atoms with Crippen LogP contribution in [0.25, 0.3) is 10.9 Å². The Morgan fingerprint density at radius 3 is 2.86 bits per heavy atom. The molecule has 8 heteroatoms. The molecular weight excluding hydrogens is 369 g/mol. The molecule has 0 bridgehead atoms. The fourth-order valence-electron chi connectivity index (χ4n) is 3.37. The van der Waals surface area contributed by atoms with Gasteiger partial charge < -0.3 is 20.5 Å². The van der Waals surface area contributed by atoms with Crippen LogP contribution in [0.5, 0.6) is 0 Å². The molecule has 2 heterocycles. The lowest BCUT2D eigenvalue weighted by Crippen LogP contribution is -2.39. The number of benzene rings is 1. The Kier molecular flexibility index (Phi) is 6.87. The summed E-state index contributed by atoms with van der Waals surface area (Å²) in [5, 5.41) is 11.9. The zero-order valence-electron chi connectivity index (χ0n) is 17.5. The number of aromatic nitrogens is 3. The molecule has 0 radical (unpaired) electrons. The first-order valence-corrected chi connectivity index (χ1v) is 9.90. The summed E-state index contributed by atoms with van der Waals surface area (Å²) in [6.07, 6.45) is 6.63. The maximum Gasteiger partial charge on any atom is 0.191 e. The predicted molar refractivity (Wildman–Crippen MR) is 116 cm³/mol. The number of guanidine groups is 1. The number of nitrogens with zero attached hydrogens (tertiary/aromatic N) is 4. The van der Waals surface area contributed by atoms with Crippen molar-refractivity contribution < 1.29 is 4.39 Å². The van der Waals surface area contributed by atoms with Gasteiger partial charge >= 0.3 is 0 Å². The van der Waals surface area contributed by atoms with Crippen LogP contribution in [0.2, 0.25) is 0 Å². The van der Waals surface area contributed by atoms with E-state index in [-0.39, 0.29) is 11.9 Å². The van der Waals surface area contributed by atoms with E-state index in [1.807, 2.05) is 51.3 Å². The molecule has 0 saturated heterocycles. The average Bonchev–Trinajstić information content (AvgIpc) is 3.28. The Hall–Kier alpha value is -2.87. The second-order valence-electron chi connectivity index (χ2n) is 7.33. The maximum absolute atomic E-state index is 13.6. The number of rotatable bonds is 8. The first kappa shape index (κ1) is 20.9. The van der Waals surface area contributed by atoms with E-state index in [4.69, 9.17) is 4.99 Å². The van der Waals surface area contributed by atoms with Crippen molar-refractivity contribution in [1.29, 1.82) is 0 Å². The fourth-order valence-corrected chi connectivity index (χ4v) is 3.37. The van der Waals surface area contributed by atoms with Gasteiger partial charge in [0.2, 0.25) is 0 Å². The lowest BCUT2D eigenvalue weighted by Gasteiger charge is -2.22. The summed E-state index contributed by atoms with van der Waals surface area (Å²) in [7, 11) is 6.01. The maximum atomic E-state index is 13.6. The molecule has 0 amide bonds. The normalized spacial score (nSPS) is 13.2. The summed E-state index contributed by atoms with van der Waals surface area (Å²) in [4.78, 5) is 10.1. The number of hydrogen-bond acceptors (Lipinski definition) is 3. The lowest BCUT2D eigenvalue weighted by molar-refractivity contribution is 0.306. The molecule has 29 heavy (non-hydrogen) atoms. The molecule has 3 rings (SSSR count). The van der Waals surface area contributed by atoms with Crippen LogP contribution in [0, 0.1) is 5.82 Å². The van der Waals surface area contributed by atoms with Crippen molar-refractivity contribution >= 4 is 16.9 Å². The number of aromatic amines is 1. The number of likely N-dealkylation sites (N-methyl/N-ethyl adjacent to an activating group) is 1. The van der Waals surface area contributed by atoms with E-state index < -0.39 is 0 Å². The van der Waals surface area contributed by atoms with Gasteiger partial charge in [-0.15, -0.1) is 0 Å². The number of hydrogen-bond donors (Lipinski definition) is 3. The lowest BCUT2D eigenvalue weighted by atomic mass is 10.1. The highest BCUT2D eigenvalue weighted by Gasteiger charge is 2.15. The molecule has 1 aromatic carbocycles. The summed E-state index contributed by atoms with van der Waals surface area (Å²) in [6, 6.07) is 4.97. The molecule has 0 aliphatic carbocycles. The van der Waals surface area contributed by atoms with Gasteiger partial charge in [-0.2, -0.15) is 5.10 Å². The highest BCUT2D eigenvalue weighted by molar-refractivity contribution is 5.83. The number of aliphatic imine (C=N–C) groups is 1. The Bertz CT molecular complexity index is 957. The SMILES string of the molecule is CCNC(=NCC(c1cnn(C)c1)N(C)C)NCCc1c[nH]c2ccc(F)cc12. The van der Waals surface area contributed by atoms with Crippen molar-refractivity contribution in [2.24, 2.45) is 12.0 Å². The van der Waals surface area contributed by atoms with E-state index in [2.05, 4.69) is 25.6 Å². The van der Waals surface area contributed by atoms with Crippen molar-refractivity contribution in [3.05, 3.63) is 53.7 Å². The van der Waals surface area contributed by atoms with Crippen molar-refractivity contribution in [3.63, 3.8) is 0 Å². The Labute approximate surface area is 171 Å². The van der Waals surface area contributed by atoms with Gasteiger partial charge in [-0.1, -0.05) is 0 Å². The van der Waals surface area contributed by atoms with E-state index in [1.165, 1.54) is 6.07 Å². The van der Waals surface area contributed by atoms with Gasteiger partial charge in [-0.05, 0) is 51.2 Å². The van der Waals surface area contributed by atoms with Gasteiger partial charge in [-0.3, -0.25) is 9.67 Å². The zero-order valence-corrected chi connectivity index (χ0v) is 17.5. The van der Waals surface area contributed by atoms with Gasteiger partial charge in [0.25, 0.3) is 0 Å². The molecule has 0 aliphatic rings. The molecule has 0 fully saturated rings. The molecule has 0 aliphatic heterocycles. The van der Waals surface area contributed by atoms with Crippen LogP contribution >= 0.6 is 0 Å². The number of halogens is 1. The minimum atomic E-state index is -0.216. The average molecular weight is 400 g/mol. The second-order valence-corrected chi connectivity index (χ2v) is 7.33. The minimum absolute atomic E-state index is 0.149. The molecule has 1 atom stereocenters. The van der Waals surface area contributed by atoms with Gasteiger partial charge in [0, 0.05) is 49.0 Å². The van der Waals surface area contributed by atoms with E-state index in [1.54, 1.807) is 12.1 Å². The molecule has 156 valence electrons. The molecule has 2 aromatic heterocycles. The van der Waals surface area contributed by atoms with E-state index >= 15 is 0 Å². The topological polar surface area (TPSA) is 73.3 Å². The predicted octanol–water partition coefficient (Wildman–Crippen LogP) is 2.44. The molecule has 3 aromatic rings. The summed E-state index contributed by atoms with van der Waals surface area (Å²) in [5.41, 5.74) is 3.18. The van der Waals surface area contributed by atoms with Crippen molar-refractivity contribution in [2.75, 3.05) is 33.7 Å². The third kappa shape index (κ3) is 5.35. The third-order valence-electron chi connectivity index (χ3n) is 4.92. The Morgan fingerprint density at radius 2 is 2.17 bits per heavy atom. The standard InChI is InChI=1S/C21H30FN7/c1-5-23-21(26-13-20(28(2)3)16-12-27-29(4)14-16)24-9-8-15-11-25-19-7-6-17(22)10-18(15)19/h6-7,10-12,14,20,25H,5,8-9,13H2,1-4H3,(H2,23,24,26). The van der Waals surface area contributed by atoms with Crippen LogP contribution in [0.4, 0.5) is 4.39 Å². The summed E-state index contributed by atoms with van der Waals surface area (Å²) >= 11 is 0. The largest absolute Gasteiger partial charge is 0.361 e. The monoisotopic (exact) mass is 399 g/mol. The summed E-state index contributed by atoms with van der Waals surface area (Å²) in [5.74, 6) is 0.556. The molecule has 0 saturated carbocycles. The highest BCUT2D eigenvalue weighted by atomic mass is 19.1. The van der Waals surface area contributed by atoms with Crippen LogP contribution in [0.15, 0.2) is 41.8 Å². The zero-order chi connectivity index (χ0) is 20.8. The number of fused-ring (bicyclic) bond motifs is 1. The molecule has 7 nitrogen and oxygen atoms in total. The van der Waals surface area contributed by atoms with Crippen molar-refractivity contribution in [2.45, 2.75) is 19.4 Å². The Balaban J connectivity index is 1.63. The quantitative estimate of drug-likeness (QED) is 0.402. The van der Waals surface area contributed by atoms with Crippen LogP contribution in [-0.2, 0) is 13.5 Å². The van der Waals surface area contributed by atoms with E-state index in [9.17, 15) is 4.39 Å². The Morgan fingerprint density at radius 1 is 1.34 bits per heavy atom. The first-order valence-electron chi connectivity index (χ1n) is 9.90. The number of H-pyrrole nitrogens is 1. The smallest absolute Gasteiger partial charge is 0.191 e. The third-order valence-corrected chi connectivity index (χ3v) is 4.92. The minimum Gasteiger partial charge on any atom is -0.361 e. The highest BCUT2D eigenvalue weighted by Crippen LogP contribution is 2.20. The molecular formula is C21H30FN7. The molecule has 0 spiro atoms. The van der Waals surface area contributed by atoms with Gasteiger partial charge in [-0.25, -0.2) is 4.39 Å². The van der Waals surface area contributed by atoms with Gasteiger partial charge in [0.1, 0.15) is 5.82 Å². The van der Waals surface area contributed by atoms with Gasteiger partial charge in [0.05, 0.1) is 18.8 Å². The summed E-state index contributed by atoms with van der Waals surface area (Å²) < 4.78 is 15.4. The number of aryl methyl sites for hydroxylation is 1. The molecule has 1 unspecified atom stereocenters. The summed E-state index contributed by atoms with van der Waals surface area (Å²) in [6.45, 7) is 4.15. The van der Waals surface area contributed by atoms with Gasteiger partial charge in [0.15, 0.2) is 5.96 Å². The molecule has 3 N–H and O–H groups in total. The fraction of sp³-hybridized carbons (Fsp3) is 0.429. The van der Waals surface area contributed by atoms with Crippen LogP contribution in [-0.4, -0.2) is 59.4 Å². The van der Waals surface area contributed by atoms with Crippen molar-refractivity contribution in [1.82, 2.24) is 30.3 Å². The van der Waals surface area contributed by atoms with E-state index in [0.29, 0.717) is 13.1 Å². The van der Waals surface area contributed by atoms with Crippen LogP contribution in [0.1, 0.15) is 24.1 Å². The van der Waals surface area contributed by atoms with Crippen molar-refractivity contribution in [3.8, 4) is 0 Å². The van der Waals surface area contributed by atoms with E-state index in [0.717, 1.165) is 41.0 Å². The van der Waals surface area contributed by atoms with Crippen LogP contribution < -0.4 is 10.6 Å². The second kappa shape index (κ2) is 9.56. The first-order chi connectivity index (χ1) is 14.0. The number of nitrogens with one attached hydrogen (secondary N) is 3.